The molecule has 1 N–H and O–H groups in total. The van der Waals surface area contributed by atoms with E-state index in [-0.39, 0.29) is 0 Å². The van der Waals surface area contributed by atoms with Crippen LogP contribution in [0.3, 0.4) is 0 Å². The highest BCUT2D eigenvalue weighted by atomic mass is 16.5. The van der Waals surface area contributed by atoms with Gasteiger partial charge < -0.3 is 9.84 Å². The van der Waals surface area contributed by atoms with Gasteiger partial charge >= 0.3 is 0 Å². The van der Waals surface area contributed by atoms with E-state index in [0.29, 0.717) is 23.0 Å². The van der Waals surface area contributed by atoms with Crippen molar-refractivity contribution in [3.05, 3.63) is 58.7 Å². The summed E-state index contributed by atoms with van der Waals surface area (Å²) < 4.78 is 6.40. The molecule has 1 heterocycles. The Morgan fingerprint density at radius 2 is 1.89 bits per heavy atom. The van der Waals surface area contributed by atoms with Crippen molar-refractivity contribution >= 4 is 0 Å². The first-order valence-corrected chi connectivity index (χ1v) is 14.7. The van der Waals surface area contributed by atoms with Crippen LogP contribution in [0, 0.1) is 36.0 Å². The van der Waals surface area contributed by atoms with Crippen LogP contribution in [0.15, 0.2) is 36.4 Å². The summed E-state index contributed by atoms with van der Waals surface area (Å²) in [4.78, 5) is 2.57. The smallest absolute Gasteiger partial charge is 0.122 e. The SMILES string of the molecule is Cc1cc(CN2CCCC2)ccc1OCCC1CCC2C3C(CCC12C)c1ccc(O)cc1C[C@H]3C. The Bertz CT molecular complexity index is 1090. The van der Waals surface area contributed by atoms with Crippen molar-refractivity contribution in [1.82, 2.24) is 4.90 Å². The average molecular weight is 488 g/mol. The summed E-state index contributed by atoms with van der Waals surface area (Å²) in [5.74, 6) is 5.26. The fourth-order valence-corrected chi connectivity index (χ4v) is 9.03. The van der Waals surface area contributed by atoms with Gasteiger partial charge in [-0.15, -0.1) is 0 Å². The van der Waals surface area contributed by atoms with E-state index in [4.69, 9.17) is 4.74 Å². The van der Waals surface area contributed by atoms with Crippen molar-refractivity contribution in [1.29, 1.82) is 0 Å². The van der Waals surface area contributed by atoms with Crippen LogP contribution in [0.25, 0.3) is 0 Å². The monoisotopic (exact) mass is 487 g/mol. The maximum atomic E-state index is 10.0. The van der Waals surface area contributed by atoms with E-state index in [1.54, 1.807) is 0 Å². The molecule has 0 spiro atoms. The quantitative estimate of drug-likeness (QED) is 0.458. The normalized spacial score (nSPS) is 33.7. The lowest BCUT2D eigenvalue weighted by Crippen LogP contribution is -2.45. The van der Waals surface area contributed by atoms with E-state index < -0.39 is 0 Å². The van der Waals surface area contributed by atoms with Crippen LogP contribution in [0.4, 0.5) is 0 Å². The molecule has 5 unspecified atom stereocenters. The third kappa shape index (κ3) is 4.36. The molecular weight excluding hydrogens is 442 g/mol. The molecule has 1 aliphatic heterocycles. The molecule has 6 atom stereocenters. The van der Waals surface area contributed by atoms with Gasteiger partial charge in [0.15, 0.2) is 0 Å². The van der Waals surface area contributed by atoms with Gasteiger partial charge in [0.05, 0.1) is 6.61 Å². The van der Waals surface area contributed by atoms with Crippen LogP contribution in [0.2, 0.25) is 0 Å². The van der Waals surface area contributed by atoms with Gasteiger partial charge in [0.25, 0.3) is 0 Å². The fourth-order valence-electron chi connectivity index (χ4n) is 9.03. The van der Waals surface area contributed by atoms with Gasteiger partial charge in [-0.3, -0.25) is 4.90 Å². The number of ether oxygens (including phenoxy) is 1. The first-order valence-electron chi connectivity index (χ1n) is 14.7. The van der Waals surface area contributed by atoms with Gasteiger partial charge in [-0.1, -0.05) is 32.0 Å². The largest absolute Gasteiger partial charge is 0.508 e. The van der Waals surface area contributed by atoms with Crippen LogP contribution < -0.4 is 4.74 Å². The number of phenolic OH excluding ortho intramolecular Hbond substituents is 1. The average Bonchev–Trinajstić information content (AvgIpc) is 3.47. The zero-order valence-electron chi connectivity index (χ0n) is 22.6. The molecule has 3 fully saturated rings. The van der Waals surface area contributed by atoms with E-state index in [2.05, 4.69) is 49.9 Å². The summed E-state index contributed by atoms with van der Waals surface area (Å²) in [7, 11) is 0. The Morgan fingerprint density at radius 3 is 2.69 bits per heavy atom. The molecule has 0 bridgehead atoms. The van der Waals surface area contributed by atoms with Gasteiger partial charge in [-0.05, 0) is 147 Å². The number of hydrogen-bond acceptors (Lipinski definition) is 3. The third-order valence-electron chi connectivity index (χ3n) is 10.8. The van der Waals surface area contributed by atoms with Gasteiger partial charge in [-0.25, -0.2) is 0 Å². The lowest BCUT2D eigenvalue weighted by Gasteiger charge is -2.53. The summed E-state index contributed by atoms with van der Waals surface area (Å²) in [6, 6.07) is 13.0. The van der Waals surface area contributed by atoms with Crippen LogP contribution in [-0.4, -0.2) is 29.7 Å². The van der Waals surface area contributed by atoms with Gasteiger partial charge in [0.1, 0.15) is 11.5 Å². The van der Waals surface area contributed by atoms with E-state index >= 15 is 0 Å². The van der Waals surface area contributed by atoms with Crippen molar-refractivity contribution in [2.24, 2.45) is 29.1 Å². The Morgan fingerprint density at radius 1 is 1.06 bits per heavy atom. The number of hydrogen-bond donors (Lipinski definition) is 1. The van der Waals surface area contributed by atoms with Crippen molar-refractivity contribution in [3.63, 3.8) is 0 Å². The van der Waals surface area contributed by atoms with E-state index in [9.17, 15) is 5.11 Å². The maximum Gasteiger partial charge on any atom is 0.122 e. The molecule has 0 amide bonds. The number of nitrogens with zero attached hydrogens (tertiary/aromatic N) is 1. The van der Waals surface area contributed by atoms with Gasteiger partial charge in [-0.2, -0.15) is 0 Å². The minimum absolute atomic E-state index is 0.428. The lowest BCUT2D eigenvalue weighted by atomic mass is 9.51. The second-order valence-corrected chi connectivity index (χ2v) is 12.9. The zero-order valence-corrected chi connectivity index (χ0v) is 22.6. The summed E-state index contributed by atoms with van der Waals surface area (Å²) in [5.41, 5.74) is 6.08. The van der Waals surface area contributed by atoms with Crippen LogP contribution in [0.1, 0.15) is 87.0 Å². The number of phenols is 1. The molecule has 3 aliphatic carbocycles. The molecule has 2 saturated carbocycles. The predicted octanol–water partition coefficient (Wildman–Crippen LogP) is 7.48. The molecule has 2 aromatic carbocycles. The van der Waals surface area contributed by atoms with Crippen LogP contribution in [-0.2, 0) is 13.0 Å². The predicted molar refractivity (Wildman–Crippen MR) is 147 cm³/mol. The minimum Gasteiger partial charge on any atom is -0.508 e. The zero-order chi connectivity index (χ0) is 24.9. The molecule has 194 valence electrons. The second-order valence-electron chi connectivity index (χ2n) is 12.9. The molecule has 0 radical (unpaired) electrons. The molecule has 1 saturated heterocycles. The summed E-state index contributed by atoms with van der Waals surface area (Å²) in [6.07, 6.45) is 10.4. The lowest BCUT2D eigenvalue weighted by molar-refractivity contribution is 0.000902. The second kappa shape index (κ2) is 9.71. The standard InChI is InChI=1S/C33H45NO2/c1-22-18-24(21-34-15-4-5-16-34)6-11-31(22)36-17-13-26-7-10-30-32-23(2)19-25-20-27(35)8-9-28(25)29(32)12-14-33(26,30)3/h6,8-9,11,18,20,23,26,29-30,32,35H,4-5,7,10,12-17,19,21H2,1-3H3/t23-,26?,29?,30?,32?,33?/m1/s1. The van der Waals surface area contributed by atoms with Crippen molar-refractivity contribution < 1.29 is 9.84 Å². The third-order valence-corrected chi connectivity index (χ3v) is 10.8. The fraction of sp³-hybridized carbons (Fsp3) is 0.636. The van der Waals surface area contributed by atoms with E-state index in [0.717, 1.165) is 43.1 Å². The summed E-state index contributed by atoms with van der Waals surface area (Å²) in [5, 5.41) is 10.0. The molecule has 2 aromatic rings. The van der Waals surface area contributed by atoms with Crippen LogP contribution >= 0.6 is 0 Å². The summed E-state index contributed by atoms with van der Waals surface area (Å²) in [6.45, 7) is 11.7. The molecule has 3 heteroatoms. The van der Waals surface area contributed by atoms with Crippen molar-refractivity contribution in [3.8, 4) is 11.5 Å². The maximum absolute atomic E-state index is 10.0. The Hall–Kier alpha value is -2.00. The van der Waals surface area contributed by atoms with Crippen LogP contribution in [0.5, 0.6) is 11.5 Å². The number of aryl methyl sites for hydroxylation is 1. The molecule has 36 heavy (non-hydrogen) atoms. The molecule has 3 nitrogen and oxygen atoms in total. The number of benzene rings is 2. The highest BCUT2D eigenvalue weighted by molar-refractivity contribution is 5.41. The Balaban J connectivity index is 1.09. The Kier molecular flexibility index (Phi) is 6.56. The Labute approximate surface area is 218 Å². The van der Waals surface area contributed by atoms with Gasteiger partial charge in [0.2, 0.25) is 0 Å². The van der Waals surface area contributed by atoms with E-state index in [1.165, 1.54) is 80.3 Å². The topological polar surface area (TPSA) is 32.7 Å². The number of likely N-dealkylation sites (tertiary alicyclic amines) is 1. The first kappa shape index (κ1) is 24.3. The van der Waals surface area contributed by atoms with Crippen molar-refractivity contribution in [2.75, 3.05) is 19.7 Å². The highest BCUT2D eigenvalue weighted by Crippen LogP contribution is 2.64. The summed E-state index contributed by atoms with van der Waals surface area (Å²) >= 11 is 0. The number of rotatable bonds is 6. The number of aromatic hydroxyl groups is 1. The molecule has 0 aromatic heterocycles. The van der Waals surface area contributed by atoms with E-state index in [1.807, 2.05) is 12.1 Å². The molecule has 6 rings (SSSR count). The number of fused-ring (bicyclic) bond motifs is 5. The minimum atomic E-state index is 0.428. The van der Waals surface area contributed by atoms with Crippen molar-refractivity contribution in [2.45, 2.75) is 84.6 Å². The molecule has 4 aliphatic rings. The molecular formula is C33H45NO2. The highest BCUT2D eigenvalue weighted by Gasteiger charge is 2.55. The van der Waals surface area contributed by atoms with Gasteiger partial charge in [0, 0.05) is 6.54 Å². The first-order chi connectivity index (χ1) is 17.4.